The third-order valence-corrected chi connectivity index (χ3v) is 3.41. The van der Waals surface area contributed by atoms with Crippen LogP contribution in [-0.4, -0.2) is 37.6 Å². The number of rotatable bonds is 5. The highest BCUT2D eigenvalue weighted by molar-refractivity contribution is 7.98. The third-order valence-electron chi connectivity index (χ3n) is 2.51. The fourth-order valence-electron chi connectivity index (χ4n) is 1.64. The van der Waals surface area contributed by atoms with Crippen LogP contribution in [0.3, 0.4) is 0 Å². The lowest BCUT2D eigenvalue weighted by atomic mass is 10.1. The second-order valence-corrected chi connectivity index (χ2v) is 4.91. The lowest BCUT2D eigenvalue weighted by Crippen LogP contribution is -2.35. The molecule has 1 heterocycles. The van der Waals surface area contributed by atoms with Gasteiger partial charge in [-0.05, 0) is 30.9 Å². The molecule has 0 saturated carbocycles. The molecule has 1 rings (SSSR count). The molecule has 82 valence electrons. The molecule has 2 atom stereocenters. The number of hydrogen-bond donors (Lipinski definition) is 2. The summed E-state index contributed by atoms with van der Waals surface area (Å²) in [5.74, 6) is 2.12. The molecule has 0 spiro atoms. The van der Waals surface area contributed by atoms with Crippen LogP contribution < -0.4 is 10.6 Å². The smallest absolute Gasteiger partial charge is 0.224 e. The van der Waals surface area contributed by atoms with Gasteiger partial charge in [-0.15, -0.1) is 0 Å². The van der Waals surface area contributed by atoms with Gasteiger partial charge in [-0.2, -0.15) is 11.8 Å². The Labute approximate surface area is 90.4 Å². The Morgan fingerprint density at radius 3 is 3.07 bits per heavy atom. The highest BCUT2D eigenvalue weighted by Crippen LogP contribution is 2.08. The lowest BCUT2D eigenvalue weighted by Gasteiger charge is -2.13. The van der Waals surface area contributed by atoms with E-state index in [4.69, 9.17) is 0 Å². The van der Waals surface area contributed by atoms with Crippen LogP contribution in [0.5, 0.6) is 0 Å². The summed E-state index contributed by atoms with van der Waals surface area (Å²) in [5.41, 5.74) is 0. The number of thioether (sulfide) groups is 1. The number of carbonyl (C=O) groups excluding carboxylic acids is 1. The van der Waals surface area contributed by atoms with E-state index < -0.39 is 0 Å². The van der Waals surface area contributed by atoms with Gasteiger partial charge in [0.25, 0.3) is 0 Å². The predicted octanol–water partition coefficient (Wildman–Crippen LogP) is 0.711. The molecule has 1 amide bonds. The molecule has 2 N–H and O–H groups in total. The van der Waals surface area contributed by atoms with Gasteiger partial charge in [0.15, 0.2) is 0 Å². The molecule has 0 aromatic rings. The van der Waals surface area contributed by atoms with Gasteiger partial charge >= 0.3 is 0 Å². The van der Waals surface area contributed by atoms with E-state index in [9.17, 15) is 4.79 Å². The van der Waals surface area contributed by atoms with Crippen molar-refractivity contribution in [2.75, 3.05) is 31.6 Å². The van der Waals surface area contributed by atoms with Crippen molar-refractivity contribution in [1.82, 2.24) is 10.6 Å². The summed E-state index contributed by atoms with van der Waals surface area (Å²) in [5, 5.41) is 6.22. The minimum Gasteiger partial charge on any atom is -0.356 e. The standard InChI is InChI=1S/C10H20N2OS/c1-8(7-14-2)5-12-10(13)9-3-4-11-6-9/h8-9,11H,3-7H2,1-2H3,(H,12,13). The van der Waals surface area contributed by atoms with E-state index in [-0.39, 0.29) is 11.8 Å². The van der Waals surface area contributed by atoms with Crippen LogP contribution in [0.4, 0.5) is 0 Å². The minimum atomic E-state index is 0.205. The van der Waals surface area contributed by atoms with E-state index in [1.807, 2.05) is 11.8 Å². The van der Waals surface area contributed by atoms with Crippen LogP contribution in [-0.2, 0) is 4.79 Å². The van der Waals surface area contributed by atoms with Crippen molar-refractivity contribution in [3.8, 4) is 0 Å². The quantitative estimate of drug-likeness (QED) is 0.711. The van der Waals surface area contributed by atoms with Crippen molar-refractivity contribution >= 4 is 17.7 Å². The van der Waals surface area contributed by atoms with Gasteiger partial charge in [0.05, 0.1) is 5.92 Å². The van der Waals surface area contributed by atoms with E-state index in [1.54, 1.807) is 0 Å². The summed E-state index contributed by atoms with van der Waals surface area (Å²) in [4.78, 5) is 11.6. The summed E-state index contributed by atoms with van der Waals surface area (Å²) in [6, 6.07) is 0. The maximum atomic E-state index is 11.6. The Hall–Kier alpha value is -0.220. The molecule has 0 aliphatic carbocycles. The molecular weight excluding hydrogens is 196 g/mol. The number of amides is 1. The molecule has 0 radical (unpaired) electrons. The number of nitrogens with one attached hydrogen (secondary N) is 2. The van der Waals surface area contributed by atoms with Crippen molar-refractivity contribution in [3.05, 3.63) is 0 Å². The Bertz CT molecular complexity index is 181. The van der Waals surface area contributed by atoms with Gasteiger partial charge in [0, 0.05) is 13.1 Å². The van der Waals surface area contributed by atoms with E-state index in [1.165, 1.54) is 0 Å². The van der Waals surface area contributed by atoms with Crippen LogP contribution in [0, 0.1) is 11.8 Å². The van der Waals surface area contributed by atoms with Crippen molar-refractivity contribution in [2.24, 2.45) is 11.8 Å². The van der Waals surface area contributed by atoms with Crippen LogP contribution in [0.2, 0.25) is 0 Å². The Kier molecular flexibility index (Phi) is 5.33. The van der Waals surface area contributed by atoms with Gasteiger partial charge in [-0.1, -0.05) is 6.92 Å². The molecule has 0 aromatic heterocycles. The zero-order valence-corrected chi connectivity index (χ0v) is 9.82. The predicted molar refractivity (Wildman–Crippen MR) is 61.5 cm³/mol. The first-order valence-corrected chi connectivity index (χ1v) is 6.60. The molecule has 4 heteroatoms. The van der Waals surface area contributed by atoms with E-state index in [2.05, 4.69) is 23.8 Å². The Morgan fingerprint density at radius 2 is 2.50 bits per heavy atom. The van der Waals surface area contributed by atoms with Gasteiger partial charge in [-0.3, -0.25) is 4.79 Å². The van der Waals surface area contributed by atoms with E-state index in [0.717, 1.165) is 31.8 Å². The number of carbonyl (C=O) groups is 1. The fraction of sp³-hybridized carbons (Fsp3) is 0.900. The SMILES string of the molecule is CSCC(C)CNC(=O)C1CCNC1. The highest BCUT2D eigenvalue weighted by Gasteiger charge is 2.22. The van der Waals surface area contributed by atoms with Crippen LogP contribution >= 0.6 is 11.8 Å². The zero-order chi connectivity index (χ0) is 10.4. The molecule has 0 bridgehead atoms. The first-order valence-electron chi connectivity index (χ1n) is 5.21. The van der Waals surface area contributed by atoms with Crippen molar-refractivity contribution in [1.29, 1.82) is 0 Å². The molecule has 3 nitrogen and oxygen atoms in total. The lowest BCUT2D eigenvalue weighted by molar-refractivity contribution is -0.124. The summed E-state index contributed by atoms with van der Waals surface area (Å²) < 4.78 is 0. The summed E-state index contributed by atoms with van der Waals surface area (Å²) in [6.07, 6.45) is 3.09. The molecule has 1 aliphatic rings. The van der Waals surface area contributed by atoms with Crippen LogP contribution in [0.1, 0.15) is 13.3 Å². The van der Waals surface area contributed by atoms with Crippen molar-refractivity contribution in [2.45, 2.75) is 13.3 Å². The second-order valence-electron chi connectivity index (χ2n) is 4.00. The summed E-state index contributed by atoms with van der Waals surface area (Å²) >= 11 is 1.83. The maximum Gasteiger partial charge on any atom is 0.224 e. The van der Waals surface area contributed by atoms with Crippen molar-refractivity contribution < 1.29 is 4.79 Å². The topological polar surface area (TPSA) is 41.1 Å². The molecule has 1 fully saturated rings. The zero-order valence-electron chi connectivity index (χ0n) is 9.01. The molecule has 0 aromatic carbocycles. The van der Waals surface area contributed by atoms with Gasteiger partial charge in [-0.25, -0.2) is 0 Å². The minimum absolute atomic E-state index is 0.205. The molecular formula is C10H20N2OS. The average Bonchev–Trinajstić information content (AvgIpc) is 2.67. The van der Waals surface area contributed by atoms with Gasteiger partial charge in [0.1, 0.15) is 0 Å². The van der Waals surface area contributed by atoms with Gasteiger partial charge in [0.2, 0.25) is 5.91 Å². The first kappa shape index (κ1) is 11.9. The first-order chi connectivity index (χ1) is 6.74. The number of hydrogen-bond acceptors (Lipinski definition) is 3. The van der Waals surface area contributed by atoms with E-state index >= 15 is 0 Å². The molecule has 14 heavy (non-hydrogen) atoms. The fourth-order valence-corrected chi connectivity index (χ4v) is 2.33. The maximum absolute atomic E-state index is 11.6. The van der Waals surface area contributed by atoms with E-state index in [0.29, 0.717) is 5.92 Å². The largest absolute Gasteiger partial charge is 0.356 e. The Morgan fingerprint density at radius 1 is 1.71 bits per heavy atom. The average molecular weight is 216 g/mol. The second kappa shape index (κ2) is 6.30. The monoisotopic (exact) mass is 216 g/mol. The molecule has 1 saturated heterocycles. The normalized spacial score (nSPS) is 23.4. The van der Waals surface area contributed by atoms with Crippen molar-refractivity contribution in [3.63, 3.8) is 0 Å². The van der Waals surface area contributed by atoms with Crippen LogP contribution in [0.15, 0.2) is 0 Å². The third kappa shape index (κ3) is 3.88. The highest BCUT2D eigenvalue weighted by atomic mass is 32.2. The Balaban J connectivity index is 2.13. The molecule has 1 aliphatic heterocycles. The summed E-state index contributed by atoms with van der Waals surface area (Å²) in [6.45, 7) is 4.82. The molecule has 2 unspecified atom stereocenters. The van der Waals surface area contributed by atoms with Gasteiger partial charge < -0.3 is 10.6 Å². The summed E-state index contributed by atoms with van der Waals surface area (Å²) in [7, 11) is 0. The van der Waals surface area contributed by atoms with Crippen LogP contribution in [0.25, 0.3) is 0 Å².